The van der Waals surface area contributed by atoms with E-state index in [1.807, 2.05) is 18.3 Å². The van der Waals surface area contributed by atoms with E-state index >= 15 is 0 Å². The molecule has 1 unspecified atom stereocenters. The maximum Gasteiger partial charge on any atom is 0.309 e. The molecule has 1 aliphatic heterocycles. The minimum atomic E-state index is -0.656. The van der Waals surface area contributed by atoms with Gasteiger partial charge in [-0.3, -0.25) is 9.69 Å². The number of rotatable bonds is 3. The molecule has 0 aliphatic carbocycles. The molecule has 112 valence electrons. The predicted octanol–water partition coefficient (Wildman–Crippen LogP) is 4.15. The van der Waals surface area contributed by atoms with Gasteiger partial charge in [-0.1, -0.05) is 18.2 Å². The third-order valence-corrected chi connectivity index (χ3v) is 6.11. The Morgan fingerprint density at radius 2 is 2.00 bits per heavy atom. The SMILES string of the molecule is CC(c1cc2ccccc2s1)N1CCC(C)(C(=O)O)CC1. The maximum absolute atomic E-state index is 11.3. The van der Waals surface area contributed by atoms with Crippen molar-refractivity contribution in [3.05, 3.63) is 35.2 Å². The van der Waals surface area contributed by atoms with E-state index in [1.165, 1.54) is 15.0 Å². The topological polar surface area (TPSA) is 40.5 Å². The summed E-state index contributed by atoms with van der Waals surface area (Å²) in [4.78, 5) is 15.1. The number of fused-ring (bicyclic) bond motifs is 1. The number of hydrogen-bond donors (Lipinski definition) is 1. The lowest BCUT2D eigenvalue weighted by Crippen LogP contribution is -2.43. The molecule has 1 atom stereocenters. The van der Waals surface area contributed by atoms with Crippen LogP contribution in [0.4, 0.5) is 0 Å². The smallest absolute Gasteiger partial charge is 0.309 e. The van der Waals surface area contributed by atoms with Gasteiger partial charge in [-0.05, 0) is 57.3 Å². The van der Waals surface area contributed by atoms with E-state index in [0.29, 0.717) is 6.04 Å². The fourth-order valence-corrected chi connectivity index (χ4v) is 4.16. The van der Waals surface area contributed by atoms with Gasteiger partial charge in [-0.25, -0.2) is 0 Å². The molecule has 0 radical (unpaired) electrons. The molecule has 1 fully saturated rings. The molecular formula is C17H21NO2S. The number of aliphatic carboxylic acids is 1. The summed E-state index contributed by atoms with van der Waals surface area (Å²) in [5.41, 5.74) is -0.545. The van der Waals surface area contributed by atoms with Crippen LogP contribution in [0.1, 0.15) is 37.6 Å². The van der Waals surface area contributed by atoms with Crippen molar-refractivity contribution in [3.8, 4) is 0 Å². The Labute approximate surface area is 129 Å². The minimum absolute atomic E-state index is 0.362. The molecule has 1 aromatic heterocycles. The maximum atomic E-state index is 11.3. The number of nitrogens with zero attached hydrogens (tertiary/aromatic N) is 1. The molecule has 1 aliphatic rings. The van der Waals surface area contributed by atoms with Gasteiger partial charge in [0.05, 0.1) is 5.41 Å². The van der Waals surface area contributed by atoms with Crippen molar-refractivity contribution in [1.82, 2.24) is 4.90 Å². The van der Waals surface area contributed by atoms with Gasteiger partial charge in [0.1, 0.15) is 0 Å². The molecule has 0 saturated carbocycles. The second-order valence-corrected chi connectivity index (χ2v) is 7.38. The lowest BCUT2D eigenvalue weighted by molar-refractivity contribution is -0.151. The Kier molecular flexibility index (Phi) is 3.76. The van der Waals surface area contributed by atoms with Gasteiger partial charge >= 0.3 is 5.97 Å². The van der Waals surface area contributed by atoms with Crippen LogP contribution >= 0.6 is 11.3 Å². The number of thiophene rings is 1. The quantitative estimate of drug-likeness (QED) is 0.926. The standard InChI is InChI=1S/C17H21NO2S/c1-12(15-11-13-5-3-4-6-14(13)21-15)18-9-7-17(2,8-10-18)16(19)20/h3-6,11-12H,7-10H2,1-2H3,(H,19,20). The van der Waals surface area contributed by atoms with Crippen LogP contribution in [-0.4, -0.2) is 29.1 Å². The van der Waals surface area contributed by atoms with Gasteiger partial charge in [0.25, 0.3) is 0 Å². The van der Waals surface area contributed by atoms with Crippen molar-refractivity contribution < 1.29 is 9.90 Å². The van der Waals surface area contributed by atoms with E-state index in [4.69, 9.17) is 0 Å². The van der Waals surface area contributed by atoms with Crippen molar-refractivity contribution in [1.29, 1.82) is 0 Å². The van der Waals surface area contributed by atoms with Gasteiger partial charge < -0.3 is 5.11 Å². The van der Waals surface area contributed by atoms with Crippen LogP contribution in [0.15, 0.2) is 30.3 Å². The number of likely N-dealkylation sites (tertiary alicyclic amines) is 1. The molecule has 1 N–H and O–H groups in total. The second kappa shape index (κ2) is 5.43. The molecule has 3 nitrogen and oxygen atoms in total. The highest BCUT2D eigenvalue weighted by Crippen LogP contribution is 2.37. The second-order valence-electron chi connectivity index (χ2n) is 6.26. The summed E-state index contributed by atoms with van der Waals surface area (Å²) < 4.78 is 1.33. The Bertz CT molecular complexity index is 623. The number of carbonyl (C=O) groups is 1. The van der Waals surface area contributed by atoms with Crippen LogP contribution in [0.3, 0.4) is 0 Å². The van der Waals surface area contributed by atoms with Crippen LogP contribution in [0, 0.1) is 5.41 Å². The largest absolute Gasteiger partial charge is 0.481 e. The van der Waals surface area contributed by atoms with E-state index in [-0.39, 0.29) is 0 Å². The van der Waals surface area contributed by atoms with Crippen molar-refractivity contribution in [2.24, 2.45) is 5.41 Å². The first-order valence-corrected chi connectivity index (χ1v) is 8.27. The molecule has 1 saturated heterocycles. The lowest BCUT2D eigenvalue weighted by atomic mass is 9.80. The van der Waals surface area contributed by atoms with Gasteiger partial charge in [0.15, 0.2) is 0 Å². The summed E-state index contributed by atoms with van der Waals surface area (Å²) in [6, 6.07) is 11.1. The van der Waals surface area contributed by atoms with Gasteiger partial charge in [-0.15, -0.1) is 11.3 Å². The van der Waals surface area contributed by atoms with Crippen LogP contribution in [0.2, 0.25) is 0 Å². The van der Waals surface area contributed by atoms with E-state index in [9.17, 15) is 9.90 Å². The van der Waals surface area contributed by atoms with Crippen molar-refractivity contribution in [2.75, 3.05) is 13.1 Å². The summed E-state index contributed by atoms with van der Waals surface area (Å²) >= 11 is 1.85. The zero-order valence-corrected chi connectivity index (χ0v) is 13.3. The summed E-state index contributed by atoms with van der Waals surface area (Å²) in [5.74, 6) is -0.656. The monoisotopic (exact) mass is 303 g/mol. The molecular weight excluding hydrogens is 282 g/mol. The van der Waals surface area contributed by atoms with Crippen LogP contribution < -0.4 is 0 Å². The Balaban J connectivity index is 1.74. The van der Waals surface area contributed by atoms with Crippen molar-refractivity contribution in [3.63, 3.8) is 0 Å². The highest BCUT2D eigenvalue weighted by Gasteiger charge is 2.38. The molecule has 4 heteroatoms. The lowest BCUT2D eigenvalue weighted by Gasteiger charge is -2.39. The predicted molar refractivity (Wildman–Crippen MR) is 86.8 cm³/mol. The average Bonchev–Trinajstić information content (AvgIpc) is 2.91. The first-order valence-electron chi connectivity index (χ1n) is 7.45. The molecule has 0 bridgehead atoms. The molecule has 2 aromatic rings. The number of piperidine rings is 1. The Morgan fingerprint density at radius 3 is 2.62 bits per heavy atom. The summed E-state index contributed by atoms with van der Waals surface area (Å²) in [6.07, 6.45) is 1.47. The molecule has 0 amide bonds. The Hall–Kier alpha value is -1.39. The zero-order valence-electron chi connectivity index (χ0n) is 12.5. The van der Waals surface area contributed by atoms with Gasteiger partial charge in [0.2, 0.25) is 0 Å². The van der Waals surface area contributed by atoms with Crippen molar-refractivity contribution >= 4 is 27.4 Å². The first-order chi connectivity index (χ1) is 9.99. The van der Waals surface area contributed by atoms with E-state index < -0.39 is 11.4 Å². The third kappa shape index (κ3) is 2.70. The number of carboxylic acid groups (broad SMARTS) is 1. The minimum Gasteiger partial charge on any atom is -0.481 e. The fraction of sp³-hybridized carbons (Fsp3) is 0.471. The molecule has 1 aromatic carbocycles. The molecule has 21 heavy (non-hydrogen) atoms. The fourth-order valence-electron chi connectivity index (χ4n) is 3.01. The highest BCUT2D eigenvalue weighted by atomic mass is 32.1. The van der Waals surface area contributed by atoms with Crippen LogP contribution in [-0.2, 0) is 4.79 Å². The number of hydrogen-bond acceptors (Lipinski definition) is 3. The molecule has 2 heterocycles. The number of carboxylic acids is 1. The van der Waals surface area contributed by atoms with Gasteiger partial charge in [0, 0.05) is 15.6 Å². The summed E-state index contributed by atoms with van der Waals surface area (Å²) in [7, 11) is 0. The zero-order chi connectivity index (χ0) is 15.0. The molecule has 0 spiro atoms. The normalized spacial score (nSPS) is 20.5. The molecule has 3 rings (SSSR count). The van der Waals surface area contributed by atoms with Crippen LogP contribution in [0.25, 0.3) is 10.1 Å². The first kappa shape index (κ1) is 14.5. The van der Waals surface area contributed by atoms with Gasteiger partial charge in [-0.2, -0.15) is 0 Å². The Morgan fingerprint density at radius 1 is 1.33 bits per heavy atom. The summed E-state index contributed by atoms with van der Waals surface area (Å²) in [6.45, 7) is 5.82. The van der Waals surface area contributed by atoms with Crippen molar-refractivity contribution in [2.45, 2.75) is 32.7 Å². The van der Waals surface area contributed by atoms with E-state index in [0.717, 1.165) is 25.9 Å². The van der Waals surface area contributed by atoms with Crippen LogP contribution in [0.5, 0.6) is 0 Å². The van der Waals surface area contributed by atoms with E-state index in [1.54, 1.807) is 0 Å². The van der Waals surface area contributed by atoms with E-state index in [2.05, 4.69) is 42.2 Å². The number of benzene rings is 1. The summed E-state index contributed by atoms with van der Waals surface area (Å²) in [5, 5.41) is 10.6. The highest BCUT2D eigenvalue weighted by molar-refractivity contribution is 7.19. The average molecular weight is 303 g/mol. The third-order valence-electron chi connectivity index (χ3n) is 4.82.